The third-order valence-electron chi connectivity index (χ3n) is 2.69. The van der Waals surface area contributed by atoms with Gasteiger partial charge in [-0.25, -0.2) is 0 Å². The third kappa shape index (κ3) is 4.43. The molecule has 3 N–H and O–H groups in total. The summed E-state index contributed by atoms with van der Waals surface area (Å²) >= 11 is 1.87. The first-order chi connectivity index (χ1) is 7.13. The number of rotatable bonds is 5. The molecule has 0 radical (unpaired) electrons. The summed E-state index contributed by atoms with van der Waals surface area (Å²) in [6.45, 7) is 4.85. The van der Waals surface area contributed by atoms with Crippen molar-refractivity contribution in [2.75, 3.05) is 18.1 Å². The van der Waals surface area contributed by atoms with Gasteiger partial charge >= 0.3 is 0 Å². The van der Waals surface area contributed by atoms with E-state index in [1.165, 1.54) is 0 Å². The van der Waals surface area contributed by atoms with Crippen LogP contribution < -0.4 is 11.1 Å². The largest absolute Gasteiger partial charge is 0.352 e. The number of hydrogen-bond donors (Lipinski definition) is 2. The van der Waals surface area contributed by atoms with Crippen LogP contribution in [0, 0.1) is 11.8 Å². The lowest BCUT2D eigenvalue weighted by Crippen LogP contribution is -2.43. The Morgan fingerprint density at radius 3 is 2.80 bits per heavy atom. The minimum absolute atomic E-state index is 0.156. The van der Waals surface area contributed by atoms with Crippen LogP contribution in [-0.4, -0.2) is 30.0 Å². The Labute approximate surface area is 96.6 Å². The molecule has 0 aromatic carbocycles. The van der Waals surface area contributed by atoms with Gasteiger partial charge < -0.3 is 11.1 Å². The molecule has 1 aliphatic heterocycles. The van der Waals surface area contributed by atoms with E-state index in [4.69, 9.17) is 5.73 Å². The fraction of sp³-hybridized carbons (Fsp3) is 0.909. The second-order valence-electron chi connectivity index (χ2n) is 4.63. The molecule has 0 aromatic rings. The number of nitrogens with two attached hydrogens (primary N) is 1. The van der Waals surface area contributed by atoms with Gasteiger partial charge in [-0.3, -0.25) is 4.79 Å². The van der Waals surface area contributed by atoms with Gasteiger partial charge in [0.2, 0.25) is 5.91 Å². The van der Waals surface area contributed by atoms with Crippen LogP contribution in [0.1, 0.15) is 26.7 Å². The smallest absolute Gasteiger partial charge is 0.224 e. The van der Waals surface area contributed by atoms with Gasteiger partial charge in [0.25, 0.3) is 0 Å². The van der Waals surface area contributed by atoms with Crippen LogP contribution in [0.2, 0.25) is 0 Å². The van der Waals surface area contributed by atoms with Crippen LogP contribution >= 0.6 is 11.8 Å². The van der Waals surface area contributed by atoms with E-state index in [1.54, 1.807) is 0 Å². The SMILES string of the molecule is CC(C)CC(CN)NC(=O)C1CCSC1. The van der Waals surface area contributed by atoms with Crippen molar-refractivity contribution in [2.45, 2.75) is 32.7 Å². The zero-order chi connectivity index (χ0) is 11.3. The summed E-state index contributed by atoms with van der Waals surface area (Å²) in [5.74, 6) is 3.10. The molecular formula is C11H22N2OS. The van der Waals surface area contributed by atoms with E-state index >= 15 is 0 Å². The van der Waals surface area contributed by atoms with Crippen LogP contribution in [0.5, 0.6) is 0 Å². The predicted octanol–water partition coefficient (Wildman–Crippen LogP) is 1.23. The highest BCUT2D eigenvalue weighted by Gasteiger charge is 2.24. The Hall–Kier alpha value is -0.220. The van der Waals surface area contributed by atoms with E-state index in [2.05, 4.69) is 19.2 Å². The Morgan fingerprint density at radius 2 is 2.33 bits per heavy atom. The monoisotopic (exact) mass is 230 g/mol. The van der Waals surface area contributed by atoms with Crippen molar-refractivity contribution in [3.05, 3.63) is 0 Å². The Morgan fingerprint density at radius 1 is 1.60 bits per heavy atom. The highest BCUT2D eigenvalue weighted by atomic mass is 32.2. The maximum Gasteiger partial charge on any atom is 0.224 e. The lowest BCUT2D eigenvalue weighted by Gasteiger charge is -2.20. The molecule has 15 heavy (non-hydrogen) atoms. The van der Waals surface area contributed by atoms with Gasteiger partial charge in [-0.05, 0) is 24.5 Å². The molecule has 1 aliphatic rings. The molecule has 3 nitrogen and oxygen atoms in total. The summed E-state index contributed by atoms with van der Waals surface area (Å²) in [6, 6.07) is 0.156. The fourth-order valence-corrected chi connectivity index (χ4v) is 3.06. The molecule has 0 aliphatic carbocycles. The first-order valence-corrected chi connectivity index (χ1v) is 6.87. The summed E-state index contributed by atoms with van der Waals surface area (Å²) in [5, 5.41) is 3.06. The van der Waals surface area contributed by atoms with E-state index in [0.29, 0.717) is 12.5 Å². The topological polar surface area (TPSA) is 55.1 Å². The molecule has 4 heteroatoms. The minimum Gasteiger partial charge on any atom is -0.352 e. The number of amides is 1. The van der Waals surface area contributed by atoms with E-state index in [9.17, 15) is 4.79 Å². The molecule has 88 valence electrons. The molecule has 0 aromatic heterocycles. The molecule has 0 saturated carbocycles. The van der Waals surface area contributed by atoms with Crippen molar-refractivity contribution in [3.63, 3.8) is 0 Å². The molecule has 0 bridgehead atoms. The van der Waals surface area contributed by atoms with Gasteiger partial charge in [0.05, 0.1) is 0 Å². The second-order valence-corrected chi connectivity index (χ2v) is 5.78. The van der Waals surface area contributed by atoms with E-state index < -0.39 is 0 Å². The normalized spacial score (nSPS) is 23.1. The summed E-state index contributed by atoms with van der Waals surface area (Å²) in [5.41, 5.74) is 5.65. The lowest BCUT2D eigenvalue weighted by atomic mass is 10.0. The molecule has 2 unspecified atom stereocenters. The lowest BCUT2D eigenvalue weighted by molar-refractivity contribution is -0.125. The van der Waals surface area contributed by atoms with Gasteiger partial charge in [0.15, 0.2) is 0 Å². The molecule has 1 rings (SSSR count). The van der Waals surface area contributed by atoms with Crippen molar-refractivity contribution in [1.82, 2.24) is 5.32 Å². The van der Waals surface area contributed by atoms with E-state index in [1.807, 2.05) is 11.8 Å². The summed E-state index contributed by atoms with van der Waals surface area (Å²) in [6.07, 6.45) is 2.00. The maximum absolute atomic E-state index is 11.8. The van der Waals surface area contributed by atoms with Crippen LogP contribution in [0.25, 0.3) is 0 Å². The molecule has 0 spiro atoms. The quantitative estimate of drug-likeness (QED) is 0.747. The van der Waals surface area contributed by atoms with Crippen LogP contribution in [0.15, 0.2) is 0 Å². The van der Waals surface area contributed by atoms with Crippen molar-refractivity contribution < 1.29 is 4.79 Å². The zero-order valence-corrected chi connectivity index (χ0v) is 10.5. The van der Waals surface area contributed by atoms with Crippen LogP contribution in [-0.2, 0) is 4.79 Å². The third-order valence-corrected chi connectivity index (χ3v) is 3.85. The molecule has 1 saturated heterocycles. The summed E-state index contributed by atoms with van der Waals surface area (Å²) in [4.78, 5) is 11.8. The highest BCUT2D eigenvalue weighted by molar-refractivity contribution is 7.99. The number of carbonyl (C=O) groups is 1. The first kappa shape index (κ1) is 12.8. The Balaban J connectivity index is 2.33. The fourth-order valence-electron chi connectivity index (χ4n) is 1.84. The van der Waals surface area contributed by atoms with E-state index in [0.717, 1.165) is 24.3 Å². The zero-order valence-electron chi connectivity index (χ0n) is 9.66. The van der Waals surface area contributed by atoms with Gasteiger partial charge in [0.1, 0.15) is 0 Å². The van der Waals surface area contributed by atoms with Crippen molar-refractivity contribution in [1.29, 1.82) is 0 Å². The van der Waals surface area contributed by atoms with Gasteiger partial charge in [-0.15, -0.1) is 0 Å². The molecule has 1 fully saturated rings. The number of nitrogens with one attached hydrogen (secondary N) is 1. The number of thioether (sulfide) groups is 1. The predicted molar refractivity (Wildman–Crippen MR) is 65.9 cm³/mol. The molecule has 2 atom stereocenters. The standard InChI is InChI=1S/C11H22N2OS/c1-8(2)5-10(6-12)13-11(14)9-3-4-15-7-9/h8-10H,3-7,12H2,1-2H3,(H,13,14). The molecule has 1 amide bonds. The molecule has 1 heterocycles. The maximum atomic E-state index is 11.8. The van der Waals surface area contributed by atoms with Crippen molar-refractivity contribution >= 4 is 17.7 Å². The van der Waals surface area contributed by atoms with Gasteiger partial charge in [0, 0.05) is 24.3 Å². The average molecular weight is 230 g/mol. The Kier molecular flexibility index (Phi) is 5.47. The Bertz CT molecular complexity index is 203. The number of hydrogen-bond acceptors (Lipinski definition) is 3. The average Bonchev–Trinajstić information content (AvgIpc) is 2.68. The van der Waals surface area contributed by atoms with E-state index in [-0.39, 0.29) is 17.9 Å². The van der Waals surface area contributed by atoms with Crippen molar-refractivity contribution in [2.24, 2.45) is 17.6 Å². The minimum atomic E-state index is 0.156. The highest BCUT2D eigenvalue weighted by Crippen LogP contribution is 2.23. The van der Waals surface area contributed by atoms with Gasteiger partial charge in [-0.1, -0.05) is 13.8 Å². The first-order valence-electron chi connectivity index (χ1n) is 5.71. The van der Waals surface area contributed by atoms with Crippen LogP contribution in [0.3, 0.4) is 0 Å². The molecular weight excluding hydrogens is 208 g/mol. The van der Waals surface area contributed by atoms with Crippen LogP contribution in [0.4, 0.5) is 0 Å². The number of carbonyl (C=O) groups excluding carboxylic acids is 1. The summed E-state index contributed by atoms with van der Waals surface area (Å²) < 4.78 is 0. The van der Waals surface area contributed by atoms with Crippen molar-refractivity contribution in [3.8, 4) is 0 Å². The van der Waals surface area contributed by atoms with Gasteiger partial charge in [-0.2, -0.15) is 11.8 Å². The summed E-state index contributed by atoms with van der Waals surface area (Å²) in [7, 11) is 0. The second kappa shape index (κ2) is 6.38.